The number of halogens is 1. The van der Waals surface area contributed by atoms with E-state index in [0.29, 0.717) is 30.8 Å². The minimum Gasteiger partial charge on any atom is -0.370 e. The molecule has 1 fully saturated rings. The van der Waals surface area contributed by atoms with Gasteiger partial charge in [-0.2, -0.15) is 0 Å². The van der Waals surface area contributed by atoms with E-state index in [1.54, 1.807) is 11.0 Å². The predicted octanol–water partition coefficient (Wildman–Crippen LogP) is 2.55. The molecule has 26 heavy (non-hydrogen) atoms. The summed E-state index contributed by atoms with van der Waals surface area (Å²) in [5, 5.41) is 2.23. The molecule has 1 N–H and O–H groups in total. The van der Waals surface area contributed by atoms with Crippen LogP contribution in [0, 0.1) is 0 Å². The van der Waals surface area contributed by atoms with Crippen LogP contribution in [0.3, 0.4) is 0 Å². The van der Waals surface area contributed by atoms with Gasteiger partial charge in [0.15, 0.2) is 0 Å². The zero-order chi connectivity index (χ0) is 18.3. The monoisotopic (exact) mass is 414 g/mol. The van der Waals surface area contributed by atoms with Gasteiger partial charge in [0, 0.05) is 16.6 Å². The first-order valence-electron chi connectivity index (χ1n) is 8.19. The summed E-state index contributed by atoms with van der Waals surface area (Å²) in [6.07, 6.45) is -0.194. The minimum absolute atomic E-state index is 0.176. The lowest BCUT2D eigenvalue weighted by Crippen LogP contribution is -2.42. The Bertz CT molecular complexity index is 910. The Hall–Kier alpha value is -2.51. The zero-order valence-corrected chi connectivity index (χ0v) is 15.3. The highest BCUT2D eigenvalue weighted by Gasteiger charge is 2.30. The van der Waals surface area contributed by atoms with Gasteiger partial charge in [-0.1, -0.05) is 28.1 Å². The molecule has 132 valence electrons. The number of rotatable bonds is 2. The maximum atomic E-state index is 12.9. The number of benzene rings is 2. The quantitative estimate of drug-likeness (QED) is 0.766. The summed E-state index contributed by atoms with van der Waals surface area (Å²) in [5.74, 6) is -1.06. The number of nitrogens with zero attached hydrogens (tertiary/aromatic N) is 1. The molecule has 1 saturated heterocycles. The molecule has 0 radical (unpaired) electrons. The van der Waals surface area contributed by atoms with Crippen LogP contribution in [0.4, 0.5) is 0 Å². The third-order valence-corrected chi connectivity index (χ3v) is 5.11. The van der Waals surface area contributed by atoms with Crippen LogP contribution in [-0.2, 0) is 4.74 Å². The predicted molar refractivity (Wildman–Crippen MR) is 97.0 cm³/mol. The lowest BCUT2D eigenvalue weighted by Gasteiger charge is -2.33. The first-order chi connectivity index (χ1) is 12.5. The van der Waals surface area contributed by atoms with Gasteiger partial charge in [-0.25, -0.2) is 0 Å². The van der Waals surface area contributed by atoms with Gasteiger partial charge in [0.2, 0.25) is 0 Å². The van der Waals surface area contributed by atoms with Crippen LogP contribution in [0.2, 0.25) is 0 Å². The van der Waals surface area contributed by atoms with Crippen LogP contribution < -0.4 is 5.32 Å². The average molecular weight is 415 g/mol. The van der Waals surface area contributed by atoms with Crippen LogP contribution in [0.5, 0.6) is 0 Å². The Morgan fingerprint density at radius 2 is 1.81 bits per heavy atom. The number of hydrogen-bond donors (Lipinski definition) is 1. The van der Waals surface area contributed by atoms with Crippen molar-refractivity contribution in [3.05, 3.63) is 69.2 Å². The third kappa shape index (κ3) is 3.04. The number of morpholine rings is 1. The fourth-order valence-corrected chi connectivity index (χ4v) is 3.46. The summed E-state index contributed by atoms with van der Waals surface area (Å²) in [4.78, 5) is 38.0. The van der Waals surface area contributed by atoms with Crippen molar-refractivity contribution in [3.8, 4) is 0 Å². The standard InChI is InChI=1S/C19H15BrN2O4/c20-13-4-1-11(2-5-13)16-10-22(7-8-26-16)19(25)12-3-6-14-15(9-12)18(24)21-17(14)23/h1-6,9,16H,7-8,10H2,(H,21,23,24). The van der Waals surface area contributed by atoms with Gasteiger partial charge in [-0.15, -0.1) is 0 Å². The van der Waals surface area contributed by atoms with E-state index in [9.17, 15) is 14.4 Å². The van der Waals surface area contributed by atoms with E-state index in [0.717, 1.165) is 10.0 Å². The van der Waals surface area contributed by atoms with Crippen molar-refractivity contribution >= 4 is 33.7 Å². The Morgan fingerprint density at radius 1 is 1.08 bits per heavy atom. The van der Waals surface area contributed by atoms with E-state index in [2.05, 4.69) is 21.2 Å². The van der Waals surface area contributed by atoms with E-state index in [-0.39, 0.29) is 17.6 Å². The van der Waals surface area contributed by atoms with Crippen LogP contribution in [0.15, 0.2) is 46.9 Å². The maximum Gasteiger partial charge on any atom is 0.258 e. The number of amides is 3. The van der Waals surface area contributed by atoms with Gasteiger partial charge in [0.05, 0.1) is 24.3 Å². The van der Waals surface area contributed by atoms with E-state index in [1.807, 2.05) is 24.3 Å². The number of imide groups is 1. The molecule has 7 heteroatoms. The molecular weight excluding hydrogens is 400 g/mol. The third-order valence-electron chi connectivity index (χ3n) is 4.58. The second-order valence-electron chi connectivity index (χ2n) is 6.21. The molecule has 0 aliphatic carbocycles. The van der Waals surface area contributed by atoms with Crippen molar-refractivity contribution < 1.29 is 19.1 Å². The van der Waals surface area contributed by atoms with Crippen molar-refractivity contribution in [1.82, 2.24) is 10.2 Å². The lowest BCUT2D eigenvalue weighted by molar-refractivity contribution is -0.0228. The van der Waals surface area contributed by atoms with Crippen molar-refractivity contribution in [2.24, 2.45) is 0 Å². The second kappa shape index (κ2) is 6.66. The normalized spacial score (nSPS) is 19.3. The van der Waals surface area contributed by atoms with Crippen LogP contribution in [0.25, 0.3) is 0 Å². The fourth-order valence-electron chi connectivity index (χ4n) is 3.20. The minimum atomic E-state index is -0.464. The molecule has 0 saturated carbocycles. The van der Waals surface area contributed by atoms with Crippen LogP contribution in [0.1, 0.15) is 42.7 Å². The molecule has 3 amide bonds. The topological polar surface area (TPSA) is 75.7 Å². The van der Waals surface area contributed by atoms with Crippen LogP contribution >= 0.6 is 15.9 Å². The Kier molecular flexibility index (Phi) is 4.34. The van der Waals surface area contributed by atoms with E-state index in [4.69, 9.17) is 4.74 Å². The van der Waals surface area contributed by atoms with E-state index < -0.39 is 11.8 Å². The molecule has 1 atom stereocenters. The summed E-state index contributed by atoms with van der Waals surface area (Å²) in [5.41, 5.74) is 1.95. The molecular formula is C19H15BrN2O4. The summed E-state index contributed by atoms with van der Waals surface area (Å²) >= 11 is 3.41. The molecule has 2 aliphatic heterocycles. The fraction of sp³-hybridized carbons (Fsp3) is 0.211. The highest BCUT2D eigenvalue weighted by Crippen LogP contribution is 2.25. The molecule has 6 nitrogen and oxygen atoms in total. The molecule has 0 spiro atoms. The van der Waals surface area contributed by atoms with E-state index >= 15 is 0 Å². The van der Waals surface area contributed by atoms with Crippen molar-refractivity contribution in [2.45, 2.75) is 6.10 Å². The number of carbonyl (C=O) groups excluding carboxylic acids is 3. The molecule has 2 aliphatic rings. The molecule has 1 unspecified atom stereocenters. The highest BCUT2D eigenvalue weighted by atomic mass is 79.9. The lowest BCUT2D eigenvalue weighted by atomic mass is 10.0. The Balaban J connectivity index is 1.55. The van der Waals surface area contributed by atoms with E-state index in [1.165, 1.54) is 12.1 Å². The highest BCUT2D eigenvalue weighted by molar-refractivity contribution is 9.10. The first kappa shape index (κ1) is 16.9. The first-order valence-corrected chi connectivity index (χ1v) is 8.98. The number of nitrogens with one attached hydrogen (secondary N) is 1. The summed E-state index contributed by atoms with van der Waals surface area (Å²) in [6.45, 7) is 1.35. The number of hydrogen-bond acceptors (Lipinski definition) is 4. The molecule has 2 heterocycles. The zero-order valence-electron chi connectivity index (χ0n) is 13.7. The molecule has 0 aromatic heterocycles. The molecule has 4 rings (SSSR count). The largest absolute Gasteiger partial charge is 0.370 e. The van der Waals surface area contributed by atoms with Gasteiger partial charge in [0.1, 0.15) is 6.10 Å². The summed E-state index contributed by atoms with van der Waals surface area (Å²) in [6, 6.07) is 12.4. The van der Waals surface area contributed by atoms with Crippen molar-refractivity contribution in [2.75, 3.05) is 19.7 Å². The van der Waals surface area contributed by atoms with Crippen molar-refractivity contribution in [3.63, 3.8) is 0 Å². The SMILES string of the molecule is O=C1NC(=O)c2cc(C(=O)N3CCOC(c4ccc(Br)cc4)C3)ccc21. The van der Waals surface area contributed by atoms with Gasteiger partial charge >= 0.3 is 0 Å². The molecule has 2 aromatic rings. The molecule has 2 aromatic carbocycles. The smallest absolute Gasteiger partial charge is 0.258 e. The van der Waals surface area contributed by atoms with Crippen LogP contribution in [-0.4, -0.2) is 42.3 Å². The summed E-state index contributed by atoms with van der Waals surface area (Å²) < 4.78 is 6.79. The average Bonchev–Trinajstić information content (AvgIpc) is 2.95. The number of carbonyl (C=O) groups is 3. The number of ether oxygens (including phenoxy) is 1. The Labute approximate surface area is 158 Å². The molecule has 0 bridgehead atoms. The second-order valence-corrected chi connectivity index (χ2v) is 7.12. The number of fused-ring (bicyclic) bond motifs is 1. The summed E-state index contributed by atoms with van der Waals surface area (Å²) in [7, 11) is 0. The van der Waals surface area contributed by atoms with Crippen molar-refractivity contribution in [1.29, 1.82) is 0 Å². The van der Waals surface area contributed by atoms with Gasteiger partial charge in [-0.05, 0) is 35.9 Å². The van der Waals surface area contributed by atoms with Gasteiger partial charge in [0.25, 0.3) is 17.7 Å². The van der Waals surface area contributed by atoms with Gasteiger partial charge < -0.3 is 9.64 Å². The Morgan fingerprint density at radius 3 is 2.58 bits per heavy atom. The maximum absolute atomic E-state index is 12.9. The van der Waals surface area contributed by atoms with Gasteiger partial charge in [-0.3, -0.25) is 19.7 Å².